The van der Waals surface area contributed by atoms with Crippen LogP contribution in [0.15, 0.2) is 53.1 Å². The van der Waals surface area contributed by atoms with Gasteiger partial charge in [-0.2, -0.15) is 0 Å². The first-order valence-corrected chi connectivity index (χ1v) is 9.84. The van der Waals surface area contributed by atoms with E-state index in [-0.39, 0.29) is 11.6 Å². The van der Waals surface area contributed by atoms with E-state index in [1.165, 1.54) is 6.07 Å². The van der Waals surface area contributed by atoms with Crippen LogP contribution in [0.1, 0.15) is 16.1 Å². The Hall–Kier alpha value is -3.39. The summed E-state index contributed by atoms with van der Waals surface area (Å²) in [6.07, 6.45) is 0. The Morgan fingerprint density at radius 2 is 1.80 bits per heavy atom. The van der Waals surface area contributed by atoms with E-state index in [9.17, 15) is 14.9 Å². The lowest BCUT2D eigenvalue weighted by Gasteiger charge is -2.36. The molecule has 1 saturated heterocycles. The van der Waals surface area contributed by atoms with E-state index in [2.05, 4.69) is 5.16 Å². The van der Waals surface area contributed by atoms with Crippen LogP contribution in [0, 0.1) is 17.0 Å². The average Bonchev–Trinajstić information content (AvgIpc) is 3.15. The van der Waals surface area contributed by atoms with Gasteiger partial charge in [0.15, 0.2) is 0 Å². The normalized spacial score (nSPS) is 14.1. The van der Waals surface area contributed by atoms with Crippen LogP contribution >= 0.6 is 11.6 Å². The molecule has 9 heteroatoms. The van der Waals surface area contributed by atoms with E-state index < -0.39 is 4.92 Å². The number of piperazine rings is 1. The molecule has 0 atom stereocenters. The summed E-state index contributed by atoms with van der Waals surface area (Å²) in [6.45, 7) is 3.39. The van der Waals surface area contributed by atoms with Gasteiger partial charge in [-0.15, -0.1) is 0 Å². The number of halogens is 1. The molecule has 0 radical (unpaired) electrons. The molecular formula is C21H19ClN4O4. The van der Waals surface area contributed by atoms with Crippen molar-refractivity contribution >= 4 is 28.9 Å². The highest BCUT2D eigenvalue weighted by Crippen LogP contribution is 2.36. The second kappa shape index (κ2) is 8.16. The first-order chi connectivity index (χ1) is 14.5. The quantitative estimate of drug-likeness (QED) is 0.459. The number of benzene rings is 2. The molecule has 0 spiro atoms. The van der Waals surface area contributed by atoms with E-state index in [0.29, 0.717) is 53.9 Å². The Labute approximate surface area is 177 Å². The van der Waals surface area contributed by atoms with Gasteiger partial charge in [-0.25, -0.2) is 0 Å². The number of amides is 1. The van der Waals surface area contributed by atoms with Crippen molar-refractivity contribution in [2.75, 3.05) is 31.1 Å². The molecule has 1 aliphatic heterocycles. The summed E-state index contributed by atoms with van der Waals surface area (Å²) < 4.78 is 5.31. The fourth-order valence-corrected chi connectivity index (χ4v) is 3.96. The molecule has 0 unspecified atom stereocenters. The van der Waals surface area contributed by atoms with Gasteiger partial charge in [-0.1, -0.05) is 53.2 Å². The molecule has 3 aromatic rings. The second-order valence-electron chi connectivity index (χ2n) is 6.97. The number of carbonyl (C=O) groups excluding carboxylic acids is 1. The van der Waals surface area contributed by atoms with Crippen LogP contribution in [0.2, 0.25) is 5.02 Å². The molecule has 1 aromatic heterocycles. The SMILES string of the molecule is Cc1onc(-c2ccccc2)c1C(=O)N1CCN(c2c(Cl)cccc2[N+](=O)[O-])CC1. The van der Waals surface area contributed by atoms with Crippen molar-refractivity contribution in [1.29, 1.82) is 0 Å². The number of para-hydroxylation sites is 1. The van der Waals surface area contributed by atoms with E-state index in [1.54, 1.807) is 24.0 Å². The van der Waals surface area contributed by atoms with Gasteiger partial charge in [0, 0.05) is 37.8 Å². The van der Waals surface area contributed by atoms with Crippen molar-refractivity contribution in [3.05, 3.63) is 75.0 Å². The Morgan fingerprint density at radius 1 is 1.10 bits per heavy atom. The van der Waals surface area contributed by atoms with E-state index in [0.717, 1.165) is 5.56 Å². The molecule has 2 aromatic carbocycles. The maximum absolute atomic E-state index is 13.2. The zero-order valence-electron chi connectivity index (χ0n) is 16.2. The summed E-state index contributed by atoms with van der Waals surface area (Å²) in [6, 6.07) is 14.0. The standard InChI is InChI=1S/C21H19ClN4O4/c1-14-18(19(23-30-14)15-6-3-2-4-7-15)21(27)25-12-10-24(11-13-25)20-16(22)8-5-9-17(20)26(28)29/h2-9H,10-13H2,1H3. The summed E-state index contributed by atoms with van der Waals surface area (Å²) >= 11 is 6.25. The Balaban J connectivity index is 1.55. The number of anilines is 1. The molecule has 1 aliphatic rings. The molecular weight excluding hydrogens is 408 g/mol. The van der Waals surface area contributed by atoms with Crippen molar-refractivity contribution < 1.29 is 14.2 Å². The molecule has 1 amide bonds. The predicted octanol–water partition coefficient (Wildman–Crippen LogP) is 4.17. The molecule has 2 heterocycles. The third-order valence-corrected chi connectivity index (χ3v) is 5.47. The third kappa shape index (κ3) is 3.61. The van der Waals surface area contributed by atoms with Crippen molar-refractivity contribution in [2.45, 2.75) is 6.92 Å². The van der Waals surface area contributed by atoms with E-state index in [4.69, 9.17) is 16.1 Å². The highest BCUT2D eigenvalue weighted by molar-refractivity contribution is 6.33. The van der Waals surface area contributed by atoms with Crippen molar-refractivity contribution in [3.8, 4) is 11.3 Å². The summed E-state index contributed by atoms with van der Waals surface area (Å²) in [5.41, 5.74) is 2.12. The topological polar surface area (TPSA) is 92.7 Å². The van der Waals surface area contributed by atoms with E-state index in [1.807, 2.05) is 35.2 Å². The van der Waals surface area contributed by atoms with Gasteiger partial charge < -0.3 is 14.3 Å². The zero-order chi connectivity index (χ0) is 21.3. The largest absolute Gasteiger partial charge is 0.361 e. The number of hydrogen-bond acceptors (Lipinski definition) is 6. The van der Waals surface area contributed by atoms with Crippen LogP contribution in [0.25, 0.3) is 11.3 Å². The van der Waals surface area contributed by atoms with Crippen LogP contribution in [0.3, 0.4) is 0 Å². The third-order valence-electron chi connectivity index (χ3n) is 5.17. The summed E-state index contributed by atoms with van der Waals surface area (Å²) in [4.78, 5) is 27.8. The highest BCUT2D eigenvalue weighted by atomic mass is 35.5. The fourth-order valence-electron chi connectivity index (χ4n) is 3.67. The summed E-state index contributed by atoms with van der Waals surface area (Å²) in [7, 11) is 0. The minimum atomic E-state index is -0.439. The fraction of sp³-hybridized carbons (Fsp3) is 0.238. The van der Waals surface area contributed by atoms with Crippen LogP contribution < -0.4 is 4.90 Å². The molecule has 4 rings (SSSR count). The Bertz CT molecular complexity index is 1090. The molecule has 1 fully saturated rings. The molecule has 0 saturated carbocycles. The molecule has 8 nitrogen and oxygen atoms in total. The first kappa shape index (κ1) is 19.9. The smallest absolute Gasteiger partial charge is 0.294 e. The number of nitrogens with zero attached hydrogens (tertiary/aromatic N) is 4. The van der Waals surface area contributed by atoms with Gasteiger partial charge in [0.25, 0.3) is 11.6 Å². The van der Waals surface area contributed by atoms with Crippen LogP contribution in [0.5, 0.6) is 0 Å². The molecule has 0 bridgehead atoms. The maximum atomic E-state index is 13.2. The lowest BCUT2D eigenvalue weighted by molar-refractivity contribution is -0.384. The Kier molecular flexibility index (Phi) is 5.41. The molecule has 0 N–H and O–H groups in total. The number of aromatic nitrogens is 1. The maximum Gasteiger partial charge on any atom is 0.294 e. The molecule has 0 aliphatic carbocycles. The lowest BCUT2D eigenvalue weighted by atomic mass is 10.0. The number of aryl methyl sites for hydroxylation is 1. The van der Waals surface area contributed by atoms with Gasteiger partial charge in [0.1, 0.15) is 22.7 Å². The molecule has 154 valence electrons. The van der Waals surface area contributed by atoms with Crippen molar-refractivity contribution in [1.82, 2.24) is 10.1 Å². The van der Waals surface area contributed by atoms with Gasteiger partial charge >= 0.3 is 0 Å². The van der Waals surface area contributed by atoms with Crippen molar-refractivity contribution in [3.63, 3.8) is 0 Å². The lowest BCUT2D eigenvalue weighted by Crippen LogP contribution is -2.49. The minimum Gasteiger partial charge on any atom is -0.361 e. The predicted molar refractivity (Wildman–Crippen MR) is 113 cm³/mol. The number of rotatable bonds is 4. The summed E-state index contributed by atoms with van der Waals surface area (Å²) in [5, 5.41) is 15.8. The monoisotopic (exact) mass is 426 g/mol. The number of nitro groups is 1. The Morgan fingerprint density at radius 3 is 2.47 bits per heavy atom. The van der Waals surface area contributed by atoms with Crippen LogP contribution in [-0.2, 0) is 0 Å². The van der Waals surface area contributed by atoms with Gasteiger partial charge in [-0.3, -0.25) is 14.9 Å². The van der Waals surface area contributed by atoms with Crippen molar-refractivity contribution in [2.24, 2.45) is 0 Å². The van der Waals surface area contributed by atoms with Gasteiger partial charge in [0.05, 0.1) is 9.95 Å². The van der Waals surface area contributed by atoms with Crippen LogP contribution in [0.4, 0.5) is 11.4 Å². The second-order valence-corrected chi connectivity index (χ2v) is 7.38. The molecule has 30 heavy (non-hydrogen) atoms. The number of nitro benzene ring substituents is 1. The highest BCUT2D eigenvalue weighted by Gasteiger charge is 2.31. The van der Waals surface area contributed by atoms with Gasteiger partial charge in [-0.05, 0) is 13.0 Å². The van der Waals surface area contributed by atoms with E-state index >= 15 is 0 Å². The zero-order valence-corrected chi connectivity index (χ0v) is 17.0. The summed E-state index contributed by atoms with van der Waals surface area (Å²) in [5.74, 6) is 0.295. The minimum absolute atomic E-state index is 0.0384. The van der Waals surface area contributed by atoms with Gasteiger partial charge in [0.2, 0.25) is 0 Å². The number of carbonyl (C=O) groups is 1. The number of hydrogen-bond donors (Lipinski definition) is 0. The van der Waals surface area contributed by atoms with Crippen LogP contribution in [-0.4, -0.2) is 47.1 Å². The average molecular weight is 427 g/mol. The first-order valence-electron chi connectivity index (χ1n) is 9.46.